The van der Waals surface area contributed by atoms with Crippen LogP contribution in [0.1, 0.15) is 27.6 Å². The lowest BCUT2D eigenvalue weighted by Crippen LogP contribution is -2.39. The van der Waals surface area contributed by atoms with Gasteiger partial charge in [-0.05, 0) is 64.9 Å². The first kappa shape index (κ1) is 20.2. The number of thiophene rings is 1. The number of benzene rings is 2. The Bertz CT molecular complexity index is 1040. The van der Waals surface area contributed by atoms with Crippen molar-refractivity contribution in [3.05, 3.63) is 87.6 Å². The van der Waals surface area contributed by atoms with E-state index in [0.717, 1.165) is 35.5 Å². The number of hydrogen-bond acceptors (Lipinski definition) is 4. The Morgan fingerprint density at radius 3 is 2.50 bits per heavy atom. The molecule has 1 amide bonds. The molecule has 2 heterocycles. The second-order valence-corrected chi connectivity index (χ2v) is 8.58. The van der Waals surface area contributed by atoms with E-state index >= 15 is 0 Å². The van der Waals surface area contributed by atoms with Gasteiger partial charge in [0.15, 0.2) is 0 Å². The van der Waals surface area contributed by atoms with E-state index in [1.165, 1.54) is 10.4 Å². The predicted octanol–water partition coefficient (Wildman–Crippen LogP) is 5.01. The van der Waals surface area contributed by atoms with Crippen LogP contribution in [-0.2, 0) is 11.2 Å². The molecule has 0 radical (unpaired) electrons. The van der Waals surface area contributed by atoms with Crippen molar-refractivity contribution in [3.63, 3.8) is 0 Å². The third-order valence-electron chi connectivity index (χ3n) is 5.51. The maximum atomic E-state index is 13.2. The normalized spacial score (nSPS) is 15.8. The molecule has 0 saturated heterocycles. The molecular weight excluding hydrogens is 392 g/mol. The second-order valence-electron chi connectivity index (χ2n) is 7.58. The first-order valence-electron chi connectivity index (χ1n) is 10.0. The summed E-state index contributed by atoms with van der Waals surface area (Å²) in [6, 6.07) is 18.3. The maximum absolute atomic E-state index is 13.2. The van der Waals surface area contributed by atoms with Crippen LogP contribution in [0.25, 0.3) is 6.08 Å². The van der Waals surface area contributed by atoms with Crippen molar-refractivity contribution >= 4 is 29.0 Å². The fourth-order valence-electron chi connectivity index (χ4n) is 3.85. The number of rotatable bonds is 5. The lowest BCUT2D eigenvalue weighted by Gasteiger charge is -2.36. The molecule has 30 heavy (non-hydrogen) atoms. The van der Waals surface area contributed by atoms with Gasteiger partial charge >= 0.3 is 0 Å². The minimum absolute atomic E-state index is 0.0318. The van der Waals surface area contributed by atoms with E-state index in [-0.39, 0.29) is 11.9 Å². The molecular formula is C25H26N2O2S. The quantitative estimate of drug-likeness (QED) is 0.546. The van der Waals surface area contributed by atoms with Gasteiger partial charge in [0.2, 0.25) is 5.91 Å². The number of hydrogen-bond donors (Lipinski definition) is 0. The van der Waals surface area contributed by atoms with Gasteiger partial charge in [0.25, 0.3) is 0 Å². The molecule has 4 nitrogen and oxygen atoms in total. The Hall–Kier alpha value is -3.05. The molecule has 1 aromatic heterocycles. The van der Waals surface area contributed by atoms with Gasteiger partial charge in [-0.3, -0.25) is 4.79 Å². The molecule has 1 unspecified atom stereocenters. The largest absolute Gasteiger partial charge is 0.497 e. The van der Waals surface area contributed by atoms with Crippen LogP contribution in [0.2, 0.25) is 0 Å². The number of carbonyl (C=O) groups excluding carboxylic acids is 1. The van der Waals surface area contributed by atoms with E-state index in [2.05, 4.69) is 40.6 Å². The molecule has 0 bridgehead atoms. The molecule has 3 aromatic rings. The van der Waals surface area contributed by atoms with E-state index in [1.54, 1.807) is 24.5 Å². The smallest absolute Gasteiger partial charge is 0.247 e. The monoisotopic (exact) mass is 418 g/mol. The molecule has 0 spiro atoms. The summed E-state index contributed by atoms with van der Waals surface area (Å²) in [5.74, 6) is 0.838. The summed E-state index contributed by atoms with van der Waals surface area (Å²) in [7, 11) is 5.72. The zero-order valence-electron chi connectivity index (χ0n) is 17.5. The average molecular weight is 419 g/mol. The summed E-state index contributed by atoms with van der Waals surface area (Å²) in [4.78, 5) is 18.6. The van der Waals surface area contributed by atoms with Gasteiger partial charge in [-0.25, -0.2) is 0 Å². The topological polar surface area (TPSA) is 32.8 Å². The lowest BCUT2D eigenvalue weighted by atomic mass is 9.93. The van der Waals surface area contributed by atoms with Crippen LogP contribution < -0.4 is 9.64 Å². The molecule has 4 rings (SSSR count). The first-order chi connectivity index (χ1) is 14.6. The fourth-order valence-corrected chi connectivity index (χ4v) is 4.75. The second kappa shape index (κ2) is 8.76. The molecule has 0 aliphatic carbocycles. The summed E-state index contributed by atoms with van der Waals surface area (Å²) < 4.78 is 5.20. The van der Waals surface area contributed by atoms with E-state index in [4.69, 9.17) is 4.74 Å². The van der Waals surface area contributed by atoms with Gasteiger partial charge in [-0.15, -0.1) is 11.3 Å². The Balaban J connectivity index is 1.61. The van der Waals surface area contributed by atoms with Crippen molar-refractivity contribution in [3.8, 4) is 5.75 Å². The van der Waals surface area contributed by atoms with Crippen molar-refractivity contribution in [1.29, 1.82) is 0 Å². The maximum Gasteiger partial charge on any atom is 0.247 e. The zero-order valence-corrected chi connectivity index (χ0v) is 18.4. The highest BCUT2D eigenvalue weighted by Crippen LogP contribution is 2.38. The van der Waals surface area contributed by atoms with Crippen molar-refractivity contribution in [2.45, 2.75) is 12.5 Å². The van der Waals surface area contributed by atoms with Crippen LogP contribution in [-0.4, -0.2) is 38.6 Å². The standard InChI is InChI=1S/C25H26N2O2S/c1-26(2)20-9-7-19(8-10-20)25-22-15-17-30-23(22)14-16-27(25)24(28)13-6-18-4-11-21(29-3)12-5-18/h4-13,15,17,25H,14,16H2,1-3H3. The van der Waals surface area contributed by atoms with E-state index < -0.39 is 0 Å². The van der Waals surface area contributed by atoms with Crippen LogP contribution in [0.5, 0.6) is 5.75 Å². The molecule has 1 aliphatic heterocycles. The number of methoxy groups -OCH3 is 1. The third kappa shape index (κ3) is 4.12. The number of carbonyl (C=O) groups is 1. The molecule has 5 heteroatoms. The van der Waals surface area contributed by atoms with E-state index in [0.29, 0.717) is 0 Å². The van der Waals surface area contributed by atoms with Crippen molar-refractivity contribution in [2.24, 2.45) is 0 Å². The van der Waals surface area contributed by atoms with Gasteiger partial charge in [0, 0.05) is 37.3 Å². The highest BCUT2D eigenvalue weighted by atomic mass is 32.1. The molecule has 1 atom stereocenters. The van der Waals surface area contributed by atoms with Gasteiger partial charge in [0.05, 0.1) is 13.2 Å². The summed E-state index contributed by atoms with van der Waals surface area (Å²) >= 11 is 1.78. The SMILES string of the molecule is COc1ccc(C=CC(=O)N2CCc3sccc3C2c2ccc(N(C)C)cc2)cc1. The van der Waals surface area contributed by atoms with Crippen LogP contribution in [0.15, 0.2) is 66.1 Å². The van der Waals surface area contributed by atoms with Gasteiger partial charge in [-0.2, -0.15) is 0 Å². The van der Waals surface area contributed by atoms with Gasteiger partial charge in [-0.1, -0.05) is 24.3 Å². The zero-order chi connectivity index (χ0) is 21.1. The van der Waals surface area contributed by atoms with Crippen molar-refractivity contribution in [2.75, 3.05) is 32.6 Å². The molecule has 0 fully saturated rings. The summed E-state index contributed by atoms with van der Waals surface area (Å²) in [6.45, 7) is 0.722. The highest BCUT2D eigenvalue weighted by Gasteiger charge is 2.31. The minimum atomic E-state index is -0.0516. The molecule has 154 valence electrons. The first-order valence-corrected chi connectivity index (χ1v) is 10.9. The Morgan fingerprint density at radius 1 is 1.10 bits per heavy atom. The van der Waals surface area contributed by atoms with Crippen LogP contribution >= 0.6 is 11.3 Å². The molecule has 0 N–H and O–H groups in total. The molecule has 1 aliphatic rings. The van der Waals surface area contributed by atoms with Crippen molar-refractivity contribution < 1.29 is 9.53 Å². The summed E-state index contributed by atoms with van der Waals surface area (Å²) in [5.41, 5.74) is 4.52. The van der Waals surface area contributed by atoms with E-state index in [1.807, 2.05) is 49.3 Å². The van der Waals surface area contributed by atoms with Crippen molar-refractivity contribution in [1.82, 2.24) is 4.90 Å². The highest BCUT2D eigenvalue weighted by molar-refractivity contribution is 7.10. The van der Waals surface area contributed by atoms with Gasteiger partial charge in [0.1, 0.15) is 5.75 Å². The predicted molar refractivity (Wildman–Crippen MR) is 124 cm³/mol. The third-order valence-corrected chi connectivity index (χ3v) is 6.50. The van der Waals surface area contributed by atoms with E-state index in [9.17, 15) is 4.79 Å². The number of fused-ring (bicyclic) bond motifs is 1. The fraction of sp³-hybridized carbons (Fsp3) is 0.240. The number of anilines is 1. The molecule has 2 aromatic carbocycles. The Kier molecular flexibility index (Phi) is 5.91. The average Bonchev–Trinajstić information content (AvgIpc) is 3.26. The lowest BCUT2D eigenvalue weighted by molar-refractivity contribution is -0.127. The summed E-state index contributed by atoms with van der Waals surface area (Å²) in [6.07, 6.45) is 4.46. The minimum Gasteiger partial charge on any atom is -0.497 e. The Labute approximate surface area is 182 Å². The van der Waals surface area contributed by atoms with Crippen LogP contribution in [0.4, 0.5) is 5.69 Å². The number of ether oxygens (including phenoxy) is 1. The number of nitrogens with zero attached hydrogens (tertiary/aromatic N) is 2. The van der Waals surface area contributed by atoms with Crippen LogP contribution in [0.3, 0.4) is 0 Å². The summed E-state index contributed by atoms with van der Waals surface area (Å²) in [5, 5.41) is 2.13. The van der Waals surface area contributed by atoms with Gasteiger partial charge < -0.3 is 14.5 Å². The number of amides is 1. The Morgan fingerprint density at radius 2 is 1.83 bits per heavy atom. The molecule has 0 saturated carbocycles. The van der Waals surface area contributed by atoms with Crippen LogP contribution in [0, 0.1) is 0 Å².